The third-order valence-corrected chi connectivity index (χ3v) is 5.65. The van der Waals surface area contributed by atoms with E-state index in [4.69, 9.17) is 11.6 Å². The van der Waals surface area contributed by atoms with Gasteiger partial charge in [-0.3, -0.25) is 19.7 Å². The lowest BCUT2D eigenvalue weighted by Crippen LogP contribution is -2.37. The predicted octanol–water partition coefficient (Wildman–Crippen LogP) is 2.03. The maximum absolute atomic E-state index is 12.4. The van der Waals surface area contributed by atoms with Crippen molar-refractivity contribution < 1.29 is 22.9 Å². The Labute approximate surface area is 152 Å². The summed E-state index contributed by atoms with van der Waals surface area (Å²) in [6, 6.07) is 9.18. The molecule has 1 aliphatic heterocycles. The third kappa shape index (κ3) is 3.00. The van der Waals surface area contributed by atoms with Gasteiger partial charge < -0.3 is 5.32 Å². The maximum Gasteiger partial charge on any atom is 0.294 e. The summed E-state index contributed by atoms with van der Waals surface area (Å²) >= 11 is 5.69. The number of carbonyl (C=O) groups is 2. The van der Waals surface area contributed by atoms with Crippen LogP contribution in [0.1, 0.15) is 10.4 Å². The highest BCUT2D eigenvalue weighted by Crippen LogP contribution is 2.31. The third-order valence-electron chi connectivity index (χ3n) is 3.63. The van der Waals surface area contributed by atoms with Crippen molar-refractivity contribution in [3.63, 3.8) is 0 Å². The summed E-state index contributed by atoms with van der Waals surface area (Å²) in [5, 5.41) is 13.4. The molecule has 0 saturated carbocycles. The number of anilines is 1. The number of halogens is 1. The SMILES string of the molecule is O=C(CN1C(=O)c2ccccc2S1(=O)=O)Nc1ccc(Cl)cc1[N+](=O)[O-]. The van der Waals surface area contributed by atoms with Gasteiger partial charge in [0, 0.05) is 11.1 Å². The summed E-state index contributed by atoms with van der Waals surface area (Å²) in [5.74, 6) is -1.73. The number of sulfonamides is 1. The number of amides is 2. The lowest BCUT2D eigenvalue weighted by molar-refractivity contribution is -0.383. The van der Waals surface area contributed by atoms with Crippen LogP contribution in [-0.4, -0.2) is 36.0 Å². The minimum atomic E-state index is -4.15. The van der Waals surface area contributed by atoms with E-state index in [2.05, 4.69) is 5.32 Å². The molecule has 1 aliphatic rings. The molecule has 0 fully saturated rings. The number of fused-ring (bicyclic) bond motifs is 1. The minimum absolute atomic E-state index is 0.0298. The molecule has 0 radical (unpaired) electrons. The number of hydrogen-bond donors (Lipinski definition) is 1. The van der Waals surface area contributed by atoms with Crippen LogP contribution < -0.4 is 5.32 Å². The first-order valence-corrected chi connectivity index (χ1v) is 8.93. The summed E-state index contributed by atoms with van der Waals surface area (Å²) in [5.41, 5.74) is -0.645. The fourth-order valence-corrected chi connectivity index (χ4v) is 4.16. The maximum atomic E-state index is 12.4. The lowest BCUT2D eigenvalue weighted by atomic mass is 10.2. The van der Waals surface area contributed by atoms with Gasteiger partial charge in [0.25, 0.3) is 21.6 Å². The van der Waals surface area contributed by atoms with Crippen molar-refractivity contribution in [1.29, 1.82) is 0 Å². The van der Waals surface area contributed by atoms with E-state index in [-0.39, 0.29) is 21.2 Å². The van der Waals surface area contributed by atoms with E-state index in [1.54, 1.807) is 0 Å². The fourth-order valence-electron chi connectivity index (χ4n) is 2.47. The van der Waals surface area contributed by atoms with Crippen LogP contribution >= 0.6 is 11.6 Å². The van der Waals surface area contributed by atoms with Gasteiger partial charge in [-0.1, -0.05) is 23.7 Å². The molecule has 11 heteroatoms. The standard InChI is InChI=1S/C15H10ClN3O6S/c16-9-5-6-11(12(7-9)19(22)23)17-14(20)8-18-15(21)10-3-1-2-4-13(10)26(18,24)25/h1-7H,8H2,(H,17,20). The highest BCUT2D eigenvalue weighted by molar-refractivity contribution is 7.90. The van der Waals surface area contributed by atoms with Crippen molar-refractivity contribution in [2.75, 3.05) is 11.9 Å². The van der Waals surface area contributed by atoms with E-state index < -0.39 is 39.0 Å². The summed E-state index contributed by atoms with van der Waals surface area (Å²) in [6.07, 6.45) is 0. The lowest BCUT2D eigenvalue weighted by Gasteiger charge is -2.14. The van der Waals surface area contributed by atoms with Gasteiger partial charge in [-0.05, 0) is 24.3 Å². The van der Waals surface area contributed by atoms with Crippen molar-refractivity contribution >= 4 is 44.8 Å². The molecule has 26 heavy (non-hydrogen) atoms. The Morgan fingerprint density at radius 1 is 1.23 bits per heavy atom. The highest BCUT2D eigenvalue weighted by Gasteiger charge is 2.41. The van der Waals surface area contributed by atoms with Gasteiger partial charge in [-0.15, -0.1) is 0 Å². The largest absolute Gasteiger partial charge is 0.319 e. The van der Waals surface area contributed by atoms with Crippen LogP contribution in [0.5, 0.6) is 0 Å². The number of rotatable bonds is 4. The van der Waals surface area contributed by atoms with Crippen molar-refractivity contribution in [1.82, 2.24) is 4.31 Å². The molecule has 2 amide bonds. The molecule has 0 atom stereocenters. The Kier molecular flexibility index (Phi) is 4.38. The van der Waals surface area contributed by atoms with Crippen LogP contribution in [0.15, 0.2) is 47.4 Å². The molecule has 0 unspecified atom stereocenters. The summed E-state index contributed by atoms with van der Waals surface area (Å²) in [4.78, 5) is 34.6. The molecule has 0 saturated heterocycles. The first-order chi connectivity index (χ1) is 12.2. The van der Waals surface area contributed by atoms with Crippen LogP contribution in [0.4, 0.5) is 11.4 Å². The van der Waals surface area contributed by atoms with Gasteiger partial charge in [-0.2, -0.15) is 0 Å². The Morgan fingerprint density at radius 2 is 1.92 bits per heavy atom. The number of nitro groups is 1. The number of nitrogens with zero attached hydrogens (tertiary/aromatic N) is 2. The van der Waals surface area contributed by atoms with Crippen LogP contribution in [0, 0.1) is 10.1 Å². The molecule has 0 aliphatic carbocycles. The second-order valence-electron chi connectivity index (χ2n) is 5.28. The molecule has 0 bridgehead atoms. The van der Waals surface area contributed by atoms with Crippen LogP contribution in [0.3, 0.4) is 0 Å². The summed E-state index contributed by atoms with van der Waals surface area (Å²) in [7, 11) is -4.15. The van der Waals surface area contributed by atoms with E-state index in [0.29, 0.717) is 4.31 Å². The second-order valence-corrected chi connectivity index (χ2v) is 7.55. The Morgan fingerprint density at radius 3 is 2.58 bits per heavy atom. The van der Waals surface area contributed by atoms with E-state index in [1.807, 2.05) is 0 Å². The van der Waals surface area contributed by atoms with Crippen LogP contribution in [0.25, 0.3) is 0 Å². The molecule has 2 aromatic rings. The Bertz CT molecular complexity index is 1050. The summed E-state index contributed by atoms with van der Waals surface area (Å²) in [6.45, 7) is -0.810. The van der Waals surface area contributed by atoms with Crippen molar-refractivity contribution in [3.05, 3.63) is 63.2 Å². The van der Waals surface area contributed by atoms with E-state index in [9.17, 15) is 28.1 Å². The molecular weight excluding hydrogens is 386 g/mol. The van der Waals surface area contributed by atoms with Gasteiger partial charge in [0.2, 0.25) is 5.91 Å². The highest BCUT2D eigenvalue weighted by atomic mass is 35.5. The number of nitro benzene ring substituents is 1. The fraction of sp³-hybridized carbons (Fsp3) is 0.0667. The summed E-state index contributed by atoms with van der Waals surface area (Å²) < 4.78 is 25.2. The van der Waals surface area contributed by atoms with Gasteiger partial charge in [0.15, 0.2) is 0 Å². The number of hydrogen-bond acceptors (Lipinski definition) is 6. The molecule has 1 N–H and O–H groups in total. The van der Waals surface area contributed by atoms with Crippen LogP contribution in [-0.2, 0) is 14.8 Å². The Balaban J connectivity index is 1.84. The van der Waals surface area contributed by atoms with E-state index in [1.165, 1.54) is 36.4 Å². The van der Waals surface area contributed by atoms with E-state index in [0.717, 1.165) is 6.07 Å². The molecule has 3 rings (SSSR count). The van der Waals surface area contributed by atoms with Gasteiger partial charge in [-0.25, -0.2) is 12.7 Å². The topological polar surface area (TPSA) is 127 Å². The molecule has 0 aromatic heterocycles. The number of carbonyl (C=O) groups excluding carboxylic acids is 2. The molecule has 1 heterocycles. The first kappa shape index (κ1) is 17.8. The number of benzene rings is 2. The van der Waals surface area contributed by atoms with Crippen molar-refractivity contribution in [3.8, 4) is 0 Å². The predicted molar refractivity (Wildman–Crippen MR) is 91.4 cm³/mol. The van der Waals surface area contributed by atoms with E-state index >= 15 is 0 Å². The molecule has 134 valence electrons. The number of nitrogens with one attached hydrogen (secondary N) is 1. The normalized spacial score (nSPS) is 14.8. The zero-order valence-corrected chi connectivity index (χ0v) is 14.5. The molecular formula is C15H10ClN3O6S. The quantitative estimate of drug-likeness (QED) is 0.623. The average molecular weight is 396 g/mol. The van der Waals surface area contributed by atoms with Gasteiger partial charge >= 0.3 is 0 Å². The second kappa shape index (κ2) is 6.39. The molecule has 0 spiro atoms. The van der Waals surface area contributed by atoms with Gasteiger partial charge in [0.05, 0.1) is 10.5 Å². The molecule has 9 nitrogen and oxygen atoms in total. The zero-order chi connectivity index (χ0) is 19.1. The van der Waals surface area contributed by atoms with Gasteiger partial charge in [0.1, 0.15) is 17.1 Å². The monoisotopic (exact) mass is 395 g/mol. The zero-order valence-electron chi connectivity index (χ0n) is 12.9. The minimum Gasteiger partial charge on any atom is -0.319 e. The van der Waals surface area contributed by atoms with Crippen molar-refractivity contribution in [2.45, 2.75) is 4.90 Å². The Hall–Kier alpha value is -2.98. The smallest absolute Gasteiger partial charge is 0.294 e. The van der Waals surface area contributed by atoms with Crippen molar-refractivity contribution in [2.24, 2.45) is 0 Å². The van der Waals surface area contributed by atoms with Crippen LogP contribution in [0.2, 0.25) is 5.02 Å². The average Bonchev–Trinajstić information content (AvgIpc) is 2.78. The first-order valence-electron chi connectivity index (χ1n) is 7.11. The molecule has 2 aromatic carbocycles.